The van der Waals surface area contributed by atoms with Crippen molar-refractivity contribution in [3.05, 3.63) is 70.8 Å². The summed E-state index contributed by atoms with van der Waals surface area (Å²) in [7, 11) is 0. The summed E-state index contributed by atoms with van der Waals surface area (Å²) in [6, 6.07) is 9.90. The highest BCUT2D eigenvalue weighted by atomic mass is 16.5. The van der Waals surface area contributed by atoms with E-state index in [1.54, 1.807) is 19.1 Å². The lowest BCUT2D eigenvalue weighted by Crippen LogP contribution is -2.48. The molecule has 1 unspecified atom stereocenters. The van der Waals surface area contributed by atoms with Gasteiger partial charge in [-0.1, -0.05) is 17.7 Å². The number of nitrogens with zero attached hydrogens (tertiary/aromatic N) is 2. The predicted octanol–water partition coefficient (Wildman–Crippen LogP) is 2.61. The van der Waals surface area contributed by atoms with Gasteiger partial charge in [-0.3, -0.25) is 9.69 Å². The van der Waals surface area contributed by atoms with E-state index < -0.39 is 18.0 Å². The highest BCUT2D eigenvalue weighted by molar-refractivity contribution is 5.95. The lowest BCUT2D eigenvalue weighted by atomic mass is 10.00. The Bertz CT molecular complexity index is 1080. The minimum atomic E-state index is -0.732. The second-order valence-corrected chi connectivity index (χ2v) is 8.45. The van der Waals surface area contributed by atoms with E-state index in [1.807, 2.05) is 36.1 Å². The fourth-order valence-corrected chi connectivity index (χ4v) is 4.38. The van der Waals surface area contributed by atoms with Gasteiger partial charge in [-0.2, -0.15) is 0 Å². The number of carbonyl (C=O) groups is 3. The molecular weight excluding hydrogens is 436 g/mol. The van der Waals surface area contributed by atoms with Gasteiger partial charge in [0, 0.05) is 44.0 Å². The largest absolute Gasteiger partial charge is 0.467 e. The molecule has 1 saturated heterocycles. The SMILES string of the molecule is CCOC(=O)C1=C(CN2CCCN(C(=O)c3cccc(C)c3)CC2)NC(=O)NC1c1ccco1. The van der Waals surface area contributed by atoms with Crippen LogP contribution in [0.15, 0.2) is 58.3 Å². The molecule has 2 N–H and O–H groups in total. The first-order valence-electron chi connectivity index (χ1n) is 11.6. The van der Waals surface area contributed by atoms with Crippen LogP contribution < -0.4 is 10.6 Å². The highest BCUT2D eigenvalue weighted by Crippen LogP contribution is 2.28. The van der Waals surface area contributed by atoms with Crippen LogP contribution in [0.3, 0.4) is 0 Å². The van der Waals surface area contributed by atoms with Gasteiger partial charge in [0.25, 0.3) is 5.91 Å². The van der Waals surface area contributed by atoms with E-state index in [4.69, 9.17) is 9.15 Å². The van der Waals surface area contributed by atoms with Gasteiger partial charge < -0.3 is 24.7 Å². The summed E-state index contributed by atoms with van der Waals surface area (Å²) in [4.78, 5) is 42.3. The maximum atomic E-state index is 13.0. The normalized spacial score (nSPS) is 19.3. The van der Waals surface area contributed by atoms with Crippen molar-refractivity contribution < 1.29 is 23.5 Å². The zero-order valence-corrected chi connectivity index (χ0v) is 19.5. The van der Waals surface area contributed by atoms with Crippen molar-refractivity contribution in [2.75, 3.05) is 39.3 Å². The molecule has 3 amide bonds. The zero-order chi connectivity index (χ0) is 24.1. The molecule has 4 rings (SSSR count). The topological polar surface area (TPSA) is 104 Å². The Morgan fingerprint density at radius 3 is 2.74 bits per heavy atom. The van der Waals surface area contributed by atoms with Gasteiger partial charge in [-0.05, 0) is 44.5 Å². The molecule has 0 bridgehead atoms. The minimum absolute atomic E-state index is 0.0185. The van der Waals surface area contributed by atoms with E-state index in [0.29, 0.717) is 48.8 Å². The van der Waals surface area contributed by atoms with E-state index >= 15 is 0 Å². The average Bonchev–Trinajstić information content (AvgIpc) is 3.25. The number of urea groups is 1. The Kier molecular flexibility index (Phi) is 7.32. The van der Waals surface area contributed by atoms with Crippen molar-refractivity contribution in [2.24, 2.45) is 0 Å². The number of furan rings is 1. The fourth-order valence-electron chi connectivity index (χ4n) is 4.38. The zero-order valence-electron chi connectivity index (χ0n) is 19.5. The maximum absolute atomic E-state index is 13.0. The molecule has 2 aromatic rings. The van der Waals surface area contributed by atoms with Crippen LogP contribution in [0.4, 0.5) is 4.79 Å². The molecule has 180 valence electrons. The van der Waals surface area contributed by atoms with Crippen LogP contribution in [0.25, 0.3) is 0 Å². The smallest absolute Gasteiger partial charge is 0.338 e. The number of hydrogen-bond acceptors (Lipinski definition) is 6. The van der Waals surface area contributed by atoms with Gasteiger partial charge in [0.2, 0.25) is 0 Å². The molecule has 34 heavy (non-hydrogen) atoms. The number of hydrogen-bond donors (Lipinski definition) is 2. The third kappa shape index (κ3) is 5.31. The average molecular weight is 467 g/mol. The molecule has 0 radical (unpaired) electrons. The third-order valence-corrected chi connectivity index (χ3v) is 6.00. The van der Waals surface area contributed by atoms with Gasteiger partial charge >= 0.3 is 12.0 Å². The van der Waals surface area contributed by atoms with E-state index in [-0.39, 0.29) is 12.5 Å². The second-order valence-electron chi connectivity index (χ2n) is 8.45. The third-order valence-electron chi connectivity index (χ3n) is 6.00. The molecule has 9 nitrogen and oxygen atoms in total. The highest BCUT2D eigenvalue weighted by Gasteiger charge is 2.36. The molecule has 2 aliphatic rings. The van der Waals surface area contributed by atoms with Crippen molar-refractivity contribution in [2.45, 2.75) is 26.3 Å². The van der Waals surface area contributed by atoms with Crippen molar-refractivity contribution in [3.8, 4) is 0 Å². The summed E-state index contributed by atoms with van der Waals surface area (Å²) >= 11 is 0. The first-order valence-corrected chi connectivity index (χ1v) is 11.6. The van der Waals surface area contributed by atoms with Gasteiger partial charge in [-0.25, -0.2) is 9.59 Å². The van der Waals surface area contributed by atoms with E-state index in [1.165, 1.54) is 6.26 Å². The van der Waals surface area contributed by atoms with Crippen LogP contribution in [0, 0.1) is 6.92 Å². The monoisotopic (exact) mass is 466 g/mol. The maximum Gasteiger partial charge on any atom is 0.338 e. The Morgan fingerprint density at radius 1 is 1.15 bits per heavy atom. The molecule has 1 aromatic carbocycles. The van der Waals surface area contributed by atoms with Gasteiger partial charge in [0.05, 0.1) is 18.4 Å². The number of ether oxygens (including phenoxy) is 1. The Hall–Kier alpha value is -3.59. The quantitative estimate of drug-likeness (QED) is 0.635. The Balaban J connectivity index is 1.52. The molecule has 0 saturated carbocycles. The molecule has 1 aromatic heterocycles. The van der Waals surface area contributed by atoms with Crippen LogP contribution in [0.1, 0.15) is 41.1 Å². The molecule has 1 atom stereocenters. The van der Waals surface area contributed by atoms with Gasteiger partial charge in [-0.15, -0.1) is 0 Å². The lowest BCUT2D eigenvalue weighted by molar-refractivity contribution is -0.139. The molecule has 9 heteroatoms. The van der Waals surface area contributed by atoms with Crippen LogP contribution in [0.5, 0.6) is 0 Å². The number of rotatable bonds is 6. The van der Waals surface area contributed by atoms with Crippen molar-refractivity contribution >= 4 is 17.9 Å². The molecule has 2 aliphatic heterocycles. The predicted molar refractivity (Wildman–Crippen MR) is 125 cm³/mol. The van der Waals surface area contributed by atoms with E-state index in [9.17, 15) is 14.4 Å². The molecule has 0 spiro atoms. The molecule has 0 aliphatic carbocycles. The van der Waals surface area contributed by atoms with Crippen molar-refractivity contribution in [3.63, 3.8) is 0 Å². The Labute approximate surface area is 198 Å². The molecular formula is C25H30N4O5. The lowest BCUT2D eigenvalue weighted by Gasteiger charge is -2.30. The van der Waals surface area contributed by atoms with Crippen LogP contribution in [-0.2, 0) is 9.53 Å². The minimum Gasteiger partial charge on any atom is -0.467 e. The van der Waals surface area contributed by atoms with Gasteiger partial charge in [0.15, 0.2) is 0 Å². The number of nitrogens with one attached hydrogen (secondary N) is 2. The summed E-state index contributed by atoms with van der Waals surface area (Å²) in [6.07, 6.45) is 2.29. The van der Waals surface area contributed by atoms with E-state index in [2.05, 4.69) is 15.5 Å². The van der Waals surface area contributed by atoms with Crippen molar-refractivity contribution in [1.29, 1.82) is 0 Å². The van der Waals surface area contributed by atoms with E-state index in [0.717, 1.165) is 18.5 Å². The summed E-state index contributed by atoms with van der Waals surface area (Å²) in [5, 5.41) is 5.55. The summed E-state index contributed by atoms with van der Waals surface area (Å²) in [6.45, 7) is 6.83. The summed E-state index contributed by atoms with van der Waals surface area (Å²) in [5.74, 6) is -0.0244. The van der Waals surface area contributed by atoms with Crippen molar-refractivity contribution in [1.82, 2.24) is 20.4 Å². The molecule has 1 fully saturated rings. The second kappa shape index (κ2) is 10.6. The molecule has 3 heterocycles. The fraction of sp³-hybridized carbons (Fsp3) is 0.400. The number of amides is 3. The number of esters is 1. The first-order chi connectivity index (χ1) is 16.5. The van der Waals surface area contributed by atoms with Crippen LogP contribution in [0.2, 0.25) is 0 Å². The summed E-state index contributed by atoms with van der Waals surface area (Å²) in [5.41, 5.74) is 2.55. The number of benzene rings is 1. The van der Waals surface area contributed by atoms with Crippen LogP contribution in [-0.4, -0.2) is 67.0 Å². The van der Waals surface area contributed by atoms with Gasteiger partial charge in [0.1, 0.15) is 11.8 Å². The number of aryl methyl sites for hydroxylation is 1. The van der Waals surface area contributed by atoms with Crippen LogP contribution >= 0.6 is 0 Å². The first kappa shape index (κ1) is 23.6. The Morgan fingerprint density at radius 2 is 2.00 bits per heavy atom. The number of carbonyl (C=O) groups excluding carboxylic acids is 3. The standard InChI is InChI=1S/C25H30N4O5/c1-3-33-24(31)21-19(26-25(32)27-22(21)20-9-5-14-34-20)16-28-10-6-11-29(13-12-28)23(30)18-8-4-7-17(2)15-18/h4-5,7-9,14-15,22H,3,6,10-13,16H2,1-2H3,(H2,26,27,32). The summed E-state index contributed by atoms with van der Waals surface area (Å²) < 4.78 is 10.8.